The quantitative estimate of drug-likeness (QED) is 0.175. The number of nitrogens with zero attached hydrogens (tertiary/aromatic N) is 6. The van der Waals surface area contributed by atoms with E-state index in [0.717, 1.165) is 24.1 Å². The third-order valence-corrected chi connectivity index (χ3v) is 8.24. The van der Waals surface area contributed by atoms with Gasteiger partial charge in [0.15, 0.2) is 0 Å². The van der Waals surface area contributed by atoms with E-state index in [4.69, 9.17) is 23.2 Å². The van der Waals surface area contributed by atoms with Crippen molar-refractivity contribution in [3.63, 3.8) is 0 Å². The number of halogens is 3. The van der Waals surface area contributed by atoms with Gasteiger partial charge in [-0.25, -0.2) is 9.07 Å². The summed E-state index contributed by atoms with van der Waals surface area (Å²) < 4.78 is 15.6. The van der Waals surface area contributed by atoms with E-state index in [2.05, 4.69) is 32.0 Å². The van der Waals surface area contributed by atoms with Gasteiger partial charge in [0.1, 0.15) is 17.6 Å². The Hall–Kier alpha value is -4.72. The molecule has 0 saturated carbocycles. The summed E-state index contributed by atoms with van der Waals surface area (Å²) in [5, 5.41) is 26.5. The summed E-state index contributed by atoms with van der Waals surface area (Å²) in [6, 6.07) is 17.3. The summed E-state index contributed by atoms with van der Waals surface area (Å²) in [6.45, 7) is 4.71. The van der Waals surface area contributed by atoms with Crippen LogP contribution in [0.25, 0.3) is 10.9 Å². The van der Waals surface area contributed by atoms with Crippen molar-refractivity contribution in [1.82, 2.24) is 20.0 Å². The maximum atomic E-state index is 13.9. The molecule has 0 radical (unpaired) electrons. The minimum atomic E-state index is -0.550. The lowest BCUT2D eigenvalue weighted by Gasteiger charge is -2.28. The molecule has 12 heteroatoms. The number of pyridine rings is 1. The predicted molar refractivity (Wildman–Crippen MR) is 175 cm³/mol. The monoisotopic (exact) mass is 642 g/mol. The average Bonchev–Trinajstić information content (AvgIpc) is 3.53. The van der Waals surface area contributed by atoms with Crippen molar-refractivity contribution in [2.45, 2.75) is 45.2 Å². The molecule has 1 fully saturated rings. The van der Waals surface area contributed by atoms with Crippen LogP contribution < -0.4 is 15.5 Å². The van der Waals surface area contributed by atoms with E-state index in [1.165, 1.54) is 24.4 Å². The van der Waals surface area contributed by atoms with Crippen molar-refractivity contribution in [2.75, 3.05) is 22.1 Å². The van der Waals surface area contributed by atoms with Gasteiger partial charge < -0.3 is 15.5 Å². The van der Waals surface area contributed by atoms with Crippen LogP contribution in [-0.4, -0.2) is 32.4 Å². The van der Waals surface area contributed by atoms with Gasteiger partial charge in [-0.2, -0.15) is 5.26 Å². The standard InChI is InChI=1S/C33H29Cl2FN8O/c1-19(2)44-18-29(41-42-44)32(20-6-5-7-24(12-20)43-11-4-3-8-30(43)45)40-28-14-22(34)13-25-31(21(16-37)17-38-33(25)28)39-23-9-10-27(36)26(35)15-23/h5-7,9-10,12-15,17-19,32,40H,3-4,8,11H2,1-2H3,(H,38,39)/t32-/m0/s1. The molecule has 9 nitrogen and oxygen atoms in total. The molecule has 1 aliphatic rings. The molecule has 6 rings (SSSR count). The fourth-order valence-electron chi connectivity index (χ4n) is 5.43. The fourth-order valence-corrected chi connectivity index (χ4v) is 5.82. The van der Waals surface area contributed by atoms with Crippen LogP contribution in [0.1, 0.15) is 62.0 Å². The number of hydrogen-bond acceptors (Lipinski definition) is 7. The number of piperidine rings is 1. The lowest BCUT2D eigenvalue weighted by atomic mass is 10.0. The largest absolute Gasteiger partial charge is 0.371 e. The molecular formula is C33H29Cl2FN8O. The van der Waals surface area contributed by atoms with Gasteiger partial charge in [-0.15, -0.1) is 5.10 Å². The van der Waals surface area contributed by atoms with Crippen LogP contribution in [-0.2, 0) is 4.79 Å². The molecule has 228 valence electrons. The van der Waals surface area contributed by atoms with Crippen LogP contribution in [0.2, 0.25) is 10.0 Å². The van der Waals surface area contributed by atoms with E-state index >= 15 is 0 Å². The molecule has 45 heavy (non-hydrogen) atoms. The van der Waals surface area contributed by atoms with Crippen molar-refractivity contribution >= 4 is 62.8 Å². The van der Waals surface area contributed by atoms with E-state index in [0.29, 0.717) is 51.6 Å². The first-order valence-corrected chi connectivity index (χ1v) is 15.3. The molecule has 1 atom stereocenters. The van der Waals surface area contributed by atoms with Gasteiger partial charge in [-0.1, -0.05) is 40.5 Å². The first-order valence-electron chi connectivity index (χ1n) is 14.5. The summed E-state index contributed by atoms with van der Waals surface area (Å²) >= 11 is 12.7. The third-order valence-electron chi connectivity index (χ3n) is 7.74. The maximum Gasteiger partial charge on any atom is 0.226 e. The maximum absolute atomic E-state index is 13.9. The number of carbonyl (C=O) groups is 1. The zero-order valence-electron chi connectivity index (χ0n) is 24.6. The molecule has 5 aromatic rings. The number of carbonyl (C=O) groups excluding carboxylic acids is 1. The number of aromatic nitrogens is 4. The molecule has 1 aliphatic heterocycles. The van der Waals surface area contributed by atoms with Gasteiger partial charge in [0.2, 0.25) is 5.91 Å². The number of anilines is 4. The highest BCUT2D eigenvalue weighted by Crippen LogP contribution is 2.38. The normalized spacial score (nSPS) is 14.1. The number of nitriles is 1. The second-order valence-electron chi connectivity index (χ2n) is 11.2. The van der Waals surface area contributed by atoms with Crippen molar-refractivity contribution in [3.05, 3.63) is 99.7 Å². The molecular weight excluding hydrogens is 614 g/mol. The average molecular weight is 644 g/mol. The number of rotatable bonds is 8. The Morgan fingerprint density at radius 2 is 1.93 bits per heavy atom. The van der Waals surface area contributed by atoms with Crippen molar-refractivity contribution in [3.8, 4) is 6.07 Å². The SMILES string of the molecule is CC(C)n1cc([C@@H](Nc2cc(Cl)cc3c(Nc4ccc(F)c(Cl)c4)c(C#N)cnc23)c2cccc(N3CCCCC3=O)c2)nn1. The third kappa shape index (κ3) is 6.27. The summed E-state index contributed by atoms with van der Waals surface area (Å²) in [7, 11) is 0. The summed E-state index contributed by atoms with van der Waals surface area (Å²) in [4.78, 5) is 19.2. The molecule has 1 amide bonds. The Morgan fingerprint density at radius 3 is 2.67 bits per heavy atom. The molecule has 2 N–H and O–H groups in total. The number of benzene rings is 3. The summed E-state index contributed by atoms with van der Waals surface area (Å²) in [5.41, 5.74) is 4.68. The first kappa shape index (κ1) is 30.3. The van der Waals surface area contributed by atoms with E-state index < -0.39 is 11.9 Å². The molecule has 0 unspecified atom stereocenters. The molecule has 3 heterocycles. The van der Waals surface area contributed by atoms with Gasteiger partial charge >= 0.3 is 0 Å². The highest BCUT2D eigenvalue weighted by atomic mass is 35.5. The van der Waals surface area contributed by atoms with Crippen LogP contribution in [0.4, 0.5) is 27.1 Å². The Kier molecular flexibility index (Phi) is 8.57. The highest BCUT2D eigenvalue weighted by Gasteiger charge is 2.25. The topological polar surface area (TPSA) is 112 Å². The fraction of sp³-hybridized carbons (Fsp3) is 0.242. The first-order chi connectivity index (χ1) is 21.7. The van der Waals surface area contributed by atoms with E-state index in [-0.39, 0.29) is 22.5 Å². The molecule has 0 bridgehead atoms. The smallest absolute Gasteiger partial charge is 0.226 e. The summed E-state index contributed by atoms with van der Waals surface area (Å²) in [6.07, 6.45) is 5.73. The second kappa shape index (κ2) is 12.7. The van der Waals surface area contributed by atoms with Gasteiger partial charge in [0.05, 0.1) is 39.7 Å². The number of fused-ring (bicyclic) bond motifs is 1. The Balaban J connectivity index is 1.46. The molecule has 3 aromatic carbocycles. The number of nitrogens with one attached hydrogen (secondary N) is 2. The van der Waals surface area contributed by atoms with Gasteiger partial charge in [0, 0.05) is 47.0 Å². The molecule has 0 aliphatic carbocycles. The Labute approximate surface area is 269 Å². The van der Waals surface area contributed by atoms with Crippen LogP contribution in [0.5, 0.6) is 0 Å². The number of amides is 1. The van der Waals surface area contributed by atoms with Gasteiger partial charge in [0.25, 0.3) is 0 Å². The van der Waals surface area contributed by atoms with Gasteiger partial charge in [-0.3, -0.25) is 9.78 Å². The van der Waals surface area contributed by atoms with Crippen molar-refractivity contribution < 1.29 is 9.18 Å². The van der Waals surface area contributed by atoms with Gasteiger partial charge in [-0.05, 0) is 74.7 Å². The lowest BCUT2D eigenvalue weighted by Crippen LogP contribution is -2.35. The minimum absolute atomic E-state index is 0.0528. The van der Waals surface area contributed by atoms with Crippen LogP contribution in [0.15, 0.2) is 67.0 Å². The molecule has 0 spiro atoms. The molecule has 2 aromatic heterocycles. The summed E-state index contributed by atoms with van der Waals surface area (Å²) in [5.74, 6) is -0.444. The zero-order valence-corrected chi connectivity index (χ0v) is 26.1. The van der Waals surface area contributed by atoms with E-state index in [1.54, 1.807) is 16.8 Å². The second-order valence-corrected chi connectivity index (χ2v) is 12.0. The minimum Gasteiger partial charge on any atom is -0.371 e. The van der Waals surface area contributed by atoms with Crippen molar-refractivity contribution in [1.29, 1.82) is 5.26 Å². The predicted octanol–water partition coefficient (Wildman–Crippen LogP) is 8.19. The highest BCUT2D eigenvalue weighted by molar-refractivity contribution is 6.32. The van der Waals surface area contributed by atoms with Crippen LogP contribution >= 0.6 is 23.2 Å². The Bertz CT molecular complexity index is 1950. The van der Waals surface area contributed by atoms with E-state index in [1.807, 2.05) is 49.2 Å². The zero-order chi connectivity index (χ0) is 31.7. The van der Waals surface area contributed by atoms with Crippen molar-refractivity contribution in [2.24, 2.45) is 0 Å². The van der Waals surface area contributed by atoms with Crippen LogP contribution in [0.3, 0.4) is 0 Å². The molecule has 1 saturated heterocycles. The lowest BCUT2D eigenvalue weighted by molar-refractivity contribution is -0.119. The number of hydrogen-bond donors (Lipinski definition) is 2. The Morgan fingerprint density at radius 1 is 1.09 bits per heavy atom. The van der Waals surface area contributed by atoms with Crippen LogP contribution in [0, 0.1) is 17.1 Å². The van der Waals surface area contributed by atoms with E-state index in [9.17, 15) is 14.4 Å².